The van der Waals surface area contributed by atoms with Gasteiger partial charge < -0.3 is 9.52 Å². The minimum atomic E-state index is -0.948. The second-order valence-corrected chi connectivity index (χ2v) is 4.28. The van der Waals surface area contributed by atoms with E-state index in [-0.39, 0.29) is 13.0 Å². The zero-order valence-electron chi connectivity index (χ0n) is 10.7. The fourth-order valence-corrected chi connectivity index (χ4v) is 1.99. The summed E-state index contributed by atoms with van der Waals surface area (Å²) in [7, 11) is 0. The molecule has 6 nitrogen and oxygen atoms in total. The molecule has 2 heterocycles. The molecular weight excluding hydrogens is 248 g/mol. The second kappa shape index (κ2) is 5.09. The van der Waals surface area contributed by atoms with Crippen LogP contribution in [0.5, 0.6) is 0 Å². The molecule has 1 N–H and O–H groups in total. The highest BCUT2D eigenvalue weighted by Gasteiger charge is 2.14. The molecule has 0 saturated heterocycles. The molecule has 2 aromatic rings. The Hall–Kier alpha value is -2.37. The van der Waals surface area contributed by atoms with E-state index in [1.807, 2.05) is 0 Å². The summed E-state index contributed by atoms with van der Waals surface area (Å²) in [6.07, 6.45) is 1.37. The standard InChI is InChI=1S/C13H14N2O4/c1-8-11(6-12(16)17)9(2)15(13(18)14-8)7-10-4-3-5-19-10/h3-5H,6-7H2,1-2H3,(H,16,17). The minimum Gasteiger partial charge on any atom is -0.481 e. The molecular formula is C13H14N2O4. The Morgan fingerprint density at radius 2 is 2.21 bits per heavy atom. The molecule has 0 fully saturated rings. The van der Waals surface area contributed by atoms with Crippen LogP contribution in [-0.4, -0.2) is 20.6 Å². The topological polar surface area (TPSA) is 85.3 Å². The third-order valence-electron chi connectivity index (χ3n) is 2.99. The zero-order chi connectivity index (χ0) is 14.0. The Kier molecular flexibility index (Phi) is 3.50. The highest BCUT2D eigenvalue weighted by Crippen LogP contribution is 2.12. The first kappa shape index (κ1) is 13.1. The van der Waals surface area contributed by atoms with Crippen LogP contribution in [0.1, 0.15) is 22.7 Å². The Morgan fingerprint density at radius 3 is 2.79 bits per heavy atom. The molecule has 2 rings (SSSR count). The molecule has 2 aromatic heterocycles. The van der Waals surface area contributed by atoms with Gasteiger partial charge in [0.2, 0.25) is 0 Å². The van der Waals surface area contributed by atoms with Crippen molar-refractivity contribution in [3.63, 3.8) is 0 Å². The van der Waals surface area contributed by atoms with Crippen molar-refractivity contribution in [2.75, 3.05) is 0 Å². The fourth-order valence-electron chi connectivity index (χ4n) is 1.99. The fraction of sp³-hybridized carbons (Fsp3) is 0.308. The quantitative estimate of drug-likeness (QED) is 0.892. The van der Waals surface area contributed by atoms with E-state index >= 15 is 0 Å². The summed E-state index contributed by atoms with van der Waals surface area (Å²) in [5.74, 6) is -0.326. The number of aryl methyl sites for hydroxylation is 1. The average molecular weight is 262 g/mol. The molecule has 0 amide bonds. The van der Waals surface area contributed by atoms with Gasteiger partial charge >= 0.3 is 11.7 Å². The first-order chi connectivity index (χ1) is 8.99. The molecule has 0 atom stereocenters. The summed E-state index contributed by atoms with van der Waals surface area (Å²) in [6, 6.07) is 3.48. The van der Waals surface area contributed by atoms with Gasteiger partial charge in [-0.05, 0) is 26.0 Å². The molecule has 100 valence electrons. The summed E-state index contributed by atoms with van der Waals surface area (Å²) >= 11 is 0. The lowest BCUT2D eigenvalue weighted by atomic mass is 10.1. The van der Waals surface area contributed by atoms with E-state index < -0.39 is 11.7 Å². The van der Waals surface area contributed by atoms with Crippen molar-refractivity contribution in [1.29, 1.82) is 0 Å². The lowest BCUT2D eigenvalue weighted by Crippen LogP contribution is -2.28. The number of hydrogen-bond acceptors (Lipinski definition) is 4. The number of aliphatic carboxylic acids is 1. The van der Waals surface area contributed by atoms with Gasteiger partial charge in [-0.3, -0.25) is 9.36 Å². The maximum absolute atomic E-state index is 11.9. The maximum atomic E-state index is 11.9. The van der Waals surface area contributed by atoms with Crippen LogP contribution in [0.15, 0.2) is 27.6 Å². The lowest BCUT2D eigenvalue weighted by Gasteiger charge is -2.13. The van der Waals surface area contributed by atoms with Crippen LogP contribution in [0.4, 0.5) is 0 Å². The first-order valence-corrected chi connectivity index (χ1v) is 5.80. The van der Waals surface area contributed by atoms with E-state index in [4.69, 9.17) is 9.52 Å². The number of carbonyl (C=O) groups is 1. The predicted octanol–water partition coefficient (Wildman–Crippen LogP) is 1.13. The summed E-state index contributed by atoms with van der Waals surface area (Å²) in [6.45, 7) is 3.61. The van der Waals surface area contributed by atoms with Gasteiger partial charge in [-0.25, -0.2) is 4.79 Å². The Bertz CT molecular complexity index is 656. The molecule has 0 spiro atoms. The number of hydrogen-bond donors (Lipinski definition) is 1. The predicted molar refractivity (Wildman–Crippen MR) is 67.1 cm³/mol. The first-order valence-electron chi connectivity index (χ1n) is 5.80. The summed E-state index contributed by atoms with van der Waals surface area (Å²) < 4.78 is 6.62. The highest BCUT2D eigenvalue weighted by atomic mass is 16.4. The largest absolute Gasteiger partial charge is 0.481 e. The molecule has 0 radical (unpaired) electrons. The number of nitrogens with zero attached hydrogens (tertiary/aromatic N) is 2. The molecule has 0 aliphatic heterocycles. The molecule has 0 saturated carbocycles. The zero-order valence-corrected chi connectivity index (χ0v) is 10.7. The SMILES string of the molecule is Cc1nc(=O)n(Cc2ccco2)c(C)c1CC(=O)O. The van der Waals surface area contributed by atoms with Gasteiger partial charge in [-0.15, -0.1) is 0 Å². The molecule has 0 aliphatic rings. The molecule has 0 bridgehead atoms. The van der Waals surface area contributed by atoms with Crippen LogP contribution in [0.3, 0.4) is 0 Å². The van der Waals surface area contributed by atoms with Gasteiger partial charge in [0, 0.05) is 17.0 Å². The van der Waals surface area contributed by atoms with Gasteiger partial charge in [-0.1, -0.05) is 0 Å². The van der Waals surface area contributed by atoms with E-state index in [1.165, 1.54) is 10.8 Å². The van der Waals surface area contributed by atoms with Crippen molar-refractivity contribution in [2.24, 2.45) is 0 Å². The molecule has 0 aliphatic carbocycles. The van der Waals surface area contributed by atoms with E-state index in [0.717, 1.165) is 0 Å². The van der Waals surface area contributed by atoms with Crippen molar-refractivity contribution in [1.82, 2.24) is 9.55 Å². The van der Waals surface area contributed by atoms with E-state index in [2.05, 4.69) is 4.98 Å². The Balaban J connectivity index is 2.48. The van der Waals surface area contributed by atoms with Crippen LogP contribution in [0, 0.1) is 13.8 Å². The van der Waals surface area contributed by atoms with E-state index in [1.54, 1.807) is 26.0 Å². The molecule has 0 aromatic carbocycles. The van der Waals surface area contributed by atoms with Crippen LogP contribution in [0.2, 0.25) is 0 Å². The van der Waals surface area contributed by atoms with Crippen LogP contribution < -0.4 is 5.69 Å². The van der Waals surface area contributed by atoms with Crippen molar-refractivity contribution in [2.45, 2.75) is 26.8 Å². The van der Waals surface area contributed by atoms with E-state index in [0.29, 0.717) is 22.7 Å². The number of carboxylic acids is 1. The van der Waals surface area contributed by atoms with Crippen LogP contribution >= 0.6 is 0 Å². The van der Waals surface area contributed by atoms with Gasteiger partial charge in [0.1, 0.15) is 5.76 Å². The number of furan rings is 1. The second-order valence-electron chi connectivity index (χ2n) is 4.28. The summed E-state index contributed by atoms with van der Waals surface area (Å²) in [5.41, 5.74) is 1.23. The average Bonchev–Trinajstić information content (AvgIpc) is 2.82. The molecule has 0 unspecified atom stereocenters. The van der Waals surface area contributed by atoms with Crippen molar-refractivity contribution in [3.05, 3.63) is 51.6 Å². The number of carboxylic acid groups (broad SMARTS) is 1. The third-order valence-corrected chi connectivity index (χ3v) is 2.99. The number of rotatable bonds is 4. The van der Waals surface area contributed by atoms with Gasteiger partial charge in [0.25, 0.3) is 0 Å². The van der Waals surface area contributed by atoms with Gasteiger partial charge in [0.05, 0.1) is 19.2 Å². The molecule has 6 heteroatoms. The third kappa shape index (κ3) is 2.73. The maximum Gasteiger partial charge on any atom is 0.348 e. The number of aromatic nitrogens is 2. The van der Waals surface area contributed by atoms with E-state index in [9.17, 15) is 9.59 Å². The van der Waals surface area contributed by atoms with Crippen LogP contribution in [0.25, 0.3) is 0 Å². The van der Waals surface area contributed by atoms with Crippen LogP contribution in [-0.2, 0) is 17.8 Å². The Morgan fingerprint density at radius 1 is 1.47 bits per heavy atom. The normalized spacial score (nSPS) is 10.6. The summed E-state index contributed by atoms with van der Waals surface area (Å²) in [5, 5.41) is 8.90. The van der Waals surface area contributed by atoms with Crippen molar-refractivity contribution in [3.8, 4) is 0 Å². The van der Waals surface area contributed by atoms with Crippen molar-refractivity contribution >= 4 is 5.97 Å². The summed E-state index contributed by atoms with van der Waals surface area (Å²) in [4.78, 5) is 26.6. The van der Waals surface area contributed by atoms with Gasteiger partial charge in [-0.2, -0.15) is 4.98 Å². The monoisotopic (exact) mass is 262 g/mol. The van der Waals surface area contributed by atoms with Crippen molar-refractivity contribution < 1.29 is 14.3 Å². The minimum absolute atomic E-state index is 0.150. The Labute approximate surface area is 109 Å². The van der Waals surface area contributed by atoms with Gasteiger partial charge in [0.15, 0.2) is 0 Å². The lowest BCUT2D eigenvalue weighted by molar-refractivity contribution is -0.136. The smallest absolute Gasteiger partial charge is 0.348 e. The highest BCUT2D eigenvalue weighted by molar-refractivity contribution is 5.70. The molecule has 19 heavy (non-hydrogen) atoms.